The van der Waals surface area contributed by atoms with Crippen molar-refractivity contribution in [3.05, 3.63) is 16.4 Å². The summed E-state index contributed by atoms with van der Waals surface area (Å²) in [5.41, 5.74) is -0.0645. The third-order valence-corrected chi connectivity index (χ3v) is 7.94. The second-order valence-electron chi connectivity index (χ2n) is 9.74. The van der Waals surface area contributed by atoms with Gasteiger partial charge in [-0.1, -0.05) is 27.2 Å². The fraction of sp³-hybridized carbons (Fsp3) is 0.773. The van der Waals surface area contributed by atoms with Crippen LogP contribution in [0.3, 0.4) is 0 Å². The lowest BCUT2D eigenvalue weighted by molar-refractivity contribution is -0.158. The van der Waals surface area contributed by atoms with Crippen LogP contribution in [-0.2, 0) is 26.3 Å². The van der Waals surface area contributed by atoms with Gasteiger partial charge in [-0.25, -0.2) is 4.99 Å². The van der Waals surface area contributed by atoms with Crippen LogP contribution >= 0.6 is 11.5 Å². The Morgan fingerprint density at radius 2 is 1.96 bits per heavy atom. The summed E-state index contributed by atoms with van der Waals surface area (Å²) < 4.78 is 8.04. The zero-order valence-electron chi connectivity index (χ0n) is 18.7. The Bertz CT molecular complexity index is 797. The molecule has 1 fully saturated rings. The molecule has 0 bridgehead atoms. The molecule has 0 N–H and O–H groups in total. The maximum absolute atomic E-state index is 13.2. The molecule has 1 aromatic heterocycles. The lowest BCUT2D eigenvalue weighted by atomic mass is 9.65. The number of aromatic nitrogens is 1. The molecular weight excluding hydrogens is 372 g/mol. The smallest absolute Gasteiger partial charge is 0.312 e. The van der Waals surface area contributed by atoms with Gasteiger partial charge in [0.1, 0.15) is 4.67 Å². The Kier molecular flexibility index (Phi) is 6.64. The molecule has 1 aliphatic carbocycles. The van der Waals surface area contributed by atoms with E-state index in [9.17, 15) is 9.59 Å². The molecule has 158 valence electrons. The summed E-state index contributed by atoms with van der Waals surface area (Å²) in [5, 5.41) is 0. The number of carbonyl (C=O) groups excluding carboxylic acids is 2. The highest BCUT2D eigenvalue weighted by atomic mass is 32.1. The molecule has 6 heteroatoms. The first-order valence-electron chi connectivity index (χ1n) is 10.3. The van der Waals surface area contributed by atoms with Crippen molar-refractivity contribution in [2.75, 3.05) is 7.11 Å². The third kappa shape index (κ3) is 4.12. The molecule has 2 rings (SSSR count). The van der Waals surface area contributed by atoms with Crippen molar-refractivity contribution in [3.63, 3.8) is 0 Å². The van der Waals surface area contributed by atoms with E-state index in [4.69, 9.17) is 4.74 Å². The highest BCUT2D eigenvalue weighted by Crippen LogP contribution is 2.56. The van der Waals surface area contributed by atoms with Gasteiger partial charge in [0.05, 0.1) is 12.5 Å². The number of ether oxygens (including phenoxy) is 1. The van der Waals surface area contributed by atoms with Crippen LogP contribution < -0.4 is 4.67 Å². The van der Waals surface area contributed by atoms with E-state index in [1.54, 1.807) is 11.5 Å². The topological polar surface area (TPSA) is 60.7 Å². The Labute approximate surface area is 173 Å². The molecule has 0 aliphatic heterocycles. The Morgan fingerprint density at radius 1 is 1.32 bits per heavy atom. The highest BCUT2D eigenvalue weighted by molar-refractivity contribution is 7.04. The lowest BCUT2D eigenvalue weighted by Gasteiger charge is -2.38. The van der Waals surface area contributed by atoms with Crippen LogP contribution in [0.2, 0.25) is 0 Å². The average Bonchev–Trinajstić information content (AvgIpc) is 3.11. The van der Waals surface area contributed by atoms with Crippen LogP contribution in [0.15, 0.2) is 11.2 Å². The number of hydrogen-bond acceptors (Lipinski definition) is 4. The van der Waals surface area contributed by atoms with E-state index < -0.39 is 10.8 Å². The molecule has 1 amide bonds. The fourth-order valence-corrected chi connectivity index (χ4v) is 5.08. The second kappa shape index (κ2) is 8.13. The quantitative estimate of drug-likeness (QED) is 0.664. The van der Waals surface area contributed by atoms with Crippen molar-refractivity contribution in [1.29, 1.82) is 0 Å². The molecule has 5 nitrogen and oxygen atoms in total. The van der Waals surface area contributed by atoms with E-state index in [0.717, 1.165) is 29.5 Å². The van der Waals surface area contributed by atoms with E-state index in [1.807, 2.05) is 20.8 Å². The van der Waals surface area contributed by atoms with Gasteiger partial charge in [-0.3, -0.25) is 13.5 Å². The van der Waals surface area contributed by atoms with Crippen molar-refractivity contribution in [3.8, 4) is 0 Å². The molecule has 0 radical (unpaired) electrons. The van der Waals surface area contributed by atoms with Crippen LogP contribution in [-0.4, -0.2) is 22.9 Å². The zero-order valence-corrected chi connectivity index (χ0v) is 19.5. The fourth-order valence-electron chi connectivity index (χ4n) is 4.04. The first kappa shape index (κ1) is 22.9. The Balaban J connectivity index is 2.41. The van der Waals surface area contributed by atoms with E-state index >= 15 is 0 Å². The number of aryl methyl sites for hydroxylation is 1. The minimum Gasteiger partial charge on any atom is -0.469 e. The molecule has 1 saturated carbocycles. The molecule has 2 atom stereocenters. The molecule has 0 aromatic carbocycles. The van der Waals surface area contributed by atoms with Crippen LogP contribution in [0.1, 0.15) is 79.7 Å². The summed E-state index contributed by atoms with van der Waals surface area (Å²) in [5.74, 6) is -0.628. The van der Waals surface area contributed by atoms with Gasteiger partial charge in [-0.15, -0.1) is 0 Å². The zero-order chi connectivity index (χ0) is 21.3. The molecular formula is C22H36N2O3S. The molecule has 0 unspecified atom stereocenters. The number of amides is 1. The largest absolute Gasteiger partial charge is 0.469 e. The first-order valence-corrected chi connectivity index (χ1v) is 11.0. The summed E-state index contributed by atoms with van der Waals surface area (Å²) >= 11 is 1.55. The Morgan fingerprint density at radius 3 is 2.50 bits per heavy atom. The molecule has 1 aromatic rings. The molecule has 0 saturated heterocycles. The average molecular weight is 409 g/mol. The minimum atomic E-state index is -0.663. The van der Waals surface area contributed by atoms with Gasteiger partial charge in [0.25, 0.3) is 5.91 Å². The summed E-state index contributed by atoms with van der Waals surface area (Å²) in [6.45, 7) is 14.5. The normalized spacial score (nSPS) is 25.1. The van der Waals surface area contributed by atoms with E-state index in [-0.39, 0.29) is 23.3 Å². The minimum absolute atomic E-state index is 0.0431. The number of hydrogen-bond donors (Lipinski definition) is 0. The van der Waals surface area contributed by atoms with Gasteiger partial charge < -0.3 is 4.74 Å². The lowest BCUT2D eigenvalue weighted by Crippen LogP contribution is -2.43. The standard InChI is InChI=1S/C22H36N2O3S/c1-9-10-11-15-14-24(20(2,3)4)28-18(15)23-17(25)16-12-13-22(7,19(26)27-8)21(16,5)6/h14,16H,9-13H2,1-8H3/b23-18-/t16-,22+/m1/s1. The number of rotatable bonds is 5. The van der Waals surface area contributed by atoms with E-state index in [0.29, 0.717) is 12.8 Å². The van der Waals surface area contributed by atoms with Crippen molar-refractivity contribution in [2.24, 2.45) is 21.7 Å². The predicted molar refractivity (Wildman–Crippen MR) is 113 cm³/mol. The van der Waals surface area contributed by atoms with Gasteiger partial charge in [0.15, 0.2) is 0 Å². The first-order chi connectivity index (χ1) is 12.9. The van der Waals surface area contributed by atoms with E-state index in [2.05, 4.69) is 42.8 Å². The molecule has 0 spiro atoms. The number of carbonyl (C=O) groups is 2. The van der Waals surface area contributed by atoms with Gasteiger partial charge in [-0.2, -0.15) is 0 Å². The SMILES string of the molecule is CCCCc1cn(C(C)(C)C)s/c1=N\C(=O)[C@H]1CC[C@@](C)(C(=O)OC)C1(C)C. The van der Waals surface area contributed by atoms with Crippen molar-refractivity contribution >= 4 is 23.4 Å². The third-order valence-electron chi connectivity index (χ3n) is 6.57. The van der Waals surface area contributed by atoms with E-state index in [1.165, 1.54) is 7.11 Å². The maximum atomic E-state index is 13.2. The van der Waals surface area contributed by atoms with Crippen molar-refractivity contribution in [2.45, 2.75) is 86.1 Å². The van der Waals surface area contributed by atoms with Crippen molar-refractivity contribution < 1.29 is 14.3 Å². The monoisotopic (exact) mass is 408 g/mol. The van der Waals surface area contributed by atoms with Gasteiger partial charge in [0.2, 0.25) is 0 Å². The van der Waals surface area contributed by atoms with Gasteiger partial charge >= 0.3 is 5.97 Å². The maximum Gasteiger partial charge on any atom is 0.312 e. The predicted octanol–water partition coefficient (Wildman–Crippen LogP) is 4.69. The van der Waals surface area contributed by atoms with Crippen LogP contribution in [0.4, 0.5) is 0 Å². The van der Waals surface area contributed by atoms with Crippen LogP contribution in [0.25, 0.3) is 0 Å². The molecule has 1 heterocycles. The number of unbranched alkanes of at least 4 members (excludes halogenated alkanes) is 1. The second-order valence-corrected chi connectivity index (χ2v) is 10.7. The highest BCUT2D eigenvalue weighted by Gasteiger charge is 2.58. The van der Waals surface area contributed by atoms with Gasteiger partial charge in [0, 0.05) is 23.2 Å². The molecule has 28 heavy (non-hydrogen) atoms. The van der Waals surface area contributed by atoms with Crippen LogP contribution in [0.5, 0.6) is 0 Å². The number of nitrogens with zero attached hydrogens (tertiary/aromatic N) is 2. The summed E-state index contributed by atoms with van der Waals surface area (Å²) in [6, 6.07) is 0. The van der Waals surface area contributed by atoms with Crippen LogP contribution in [0, 0.1) is 16.7 Å². The van der Waals surface area contributed by atoms with Crippen molar-refractivity contribution in [1.82, 2.24) is 3.96 Å². The summed E-state index contributed by atoms with van der Waals surface area (Å²) in [4.78, 5) is 30.2. The Hall–Kier alpha value is -1.43. The summed E-state index contributed by atoms with van der Waals surface area (Å²) in [6.07, 6.45) is 6.56. The van der Waals surface area contributed by atoms with Gasteiger partial charge in [-0.05, 0) is 70.3 Å². The summed E-state index contributed by atoms with van der Waals surface area (Å²) in [7, 11) is 1.42. The molecule has 1 aliphatic rings. The number of esters is 1. The number of methoxy groups -OCH3 is 1.